The first-order valence-corrected chi connectivity index (χ1v) is 9.23. The quantitative estimate of drug-likeness (QED) is 0.922. The Morgan fingerprint density at radius 3 is 2.81 bits per heavy atom. The maximum Gasteiger partial charge on any atom is 0.211 e. The second kappa shape index (κ2) is 5.66. The predicted molar refractivity (Wildman–Crippen MR) is 81.0 cm³/mol. The fourth-order valence-corrected chi connectivity index (χ4v) is 4.14. The molecule has 7 nitrogen and oxygen atoms in total. The molecule has 1 atom stereocenters. The molecule has 1 saturated heterocycles. The molecule has 0 aliphatic carbocycles. The SMILES string of the molecule is CS(=O)(=O)N1CCCC1c1nccnc1Nc1nccs1. The molecule has 0 radical (unpaired) electrons. The van der Waals surface area contributed by atoms with Crippen molar-refractivity contribution in [2.75, 3.05) is 18.1 Å². The highest BCUT2D eigenvalue weighted by Gasteiger charge is 2.35. The Balaban J connectivity index is 1.95. The van der Waals surface area contributed by atoms with Crippen LogP contribution in [-0.2, 0) is 10.0 Å². The van der Waals surface area contributed by atoms with Crippen LogP contribution < -0.4 is 5.32 Å². The number of rotatable bonds is 4. The van der Waals surface area contributed by atoms with Gasteiger partial charge in [-0.05, 0) is 12.8 Å². The van der Waals surface area contributed by atoms with Crippen LogP contribution in [-0.4, -0.2) is 40.5 Å². The summed E-state index contributed by atoms with van der Waals surface area (Å²) in [6, 6.07) is -0.267. The number of anilines is 2. The lowest BCUT2D eigenvalue weighted by Gasteiger charge is -2.22. The first-order valence-electron chi connectivity index (χ1n) is 6.50. The summed E-state index contributed by atoms with van der Waals surface area (Å²) < 4.78 is 25.3. The van der Waals surface area contributed by atoms with Crippen molar-refractivity contribution in [1.29, 1.82) is 0 Å². The van der Waals surface area contributed by atoms with E-state index >= 15 is 0 Å². The van der Waals surface area contributed by atoms with Crippen molar-refractivity contribution in [2.45, 2.75) is 18.9 Å². The summed E-state index contributed by atoms with van der Waals surface area (Å²) in [6.07, 6.45) is 7.67. The van der Waals surface area contributed by atoms with E-state index in [4.69, 9.17) is 0 Å². The molecule has 3 heterocycles. The Hall–Kier alpha value is -1.58. The first-order chi connectivity index (χ1) is 10.1. The van der Waals surface area contributed by atoms with Gasteiger partial charge in [-0.2, -0.15) is 4.31 Å². The fraction of sp³-hybridized carbons (Fsp3) is 0.417. The van der Waals surface area contributed by atoms with Gasteiger partial charge in [-0.3, -0.25) is 4.98 Å². The summed E-state index contributed by atoms with van der Waals surface area (Å²) in [5, 5.41) is 5.68. The molecule has 1 fully saturated rings. The average molecular weight is 325 g/mol. The van der Waals surface area contributed by atoms with Gasteiger partial charge in [-0.1, -0.05) is 0 Å². The summed E-state index contributed by atoms with van der Waals surface area (Å²) >= 11 is 1.45. The van der Waals surface area contributed by atoms with Gasteiger partial charge >= 0.3 is 0 Å². The summed E-state index contributed by atoms with van der Waals surface area (Å²) in [4.78, 5) is 12.8. The summed E-state index contributed by atoms with van der Waals surface area (Å²) in [5.74, 6) is 0.563. The molecule has 2 aromatic rings. The lowest BCUT2D eigenvalue weighted by molar-refractivity contribution is 0.394. The molecule has 21 heavy (non-hydrogen) atoms. The Bertz CT molecular complexity index is 717. The minimum absolute atomic E-state index is 0.267. The molecule has 0 saturated carbocycles. The third-order valence-corrected chi connectivity index (χ3v) is 5.31. The van der Waals surface area contributed by atoms with Gasteiger partial charge in [0.15, 0.2) is 10.9 Å². The standard InChI is InChI=1S/C12H15N5O2S2/c1-21(18,19)17-7-2-3-9(17)10-11(14-5-4-13-10)16-12-15-6-8-20-12/h4-6,8-9H,2-3,7H2,1H3,(H,14,15,16). The lowest BCUT2D eigenvalue weighted by Crippen LogP contribution is -2.30. The van der Waals surface area contributed by atoms with Crippen molar-refractivity contribution >= 4 is 32.3 Å². The lowest BCUT2D eigenvalue weighted by atomic mass is 10.1. The maximum atomic E-state index is 11.9. The number of hydrogen-bond acceptors (Lipinski definition) is 7. The number of thiazole rings is 1. The molecule has 1 unspecified atom stereocenters. The molecule has 0 amide bonds. The van der Waals surface area contributed by atoms with E-state index in [2.05, 4.69) is 20.3 Å². The van der Waals surface area contributed by atoms with Gasteiger partial charge in [0.1, 0.15) is 5.69 Å². The van der Waals surface area contributed by atoms with Crippen molar-refractivity contribution in [1.82, 2.24) is 19.3 Å². The molecule has 2 aromatic heterocycles. The Morgan fingerprint density at radius 1 is 1.29 bits per heavy atom. The normalized spacial score (nSPS) is 19.8. The van der Waals surface area contributed by atoms with Crippen LogP contribution in [0.3, 0.4) is 0 Å². The fourth-order valence-electron chi connectivity index (χ4n) is 2.49. The molecule has 0 bridgehead atoms. The van der Waals surface area contributed by atoms with Crippen LogP contribution in [0, 0.1) is 0 Å². The van der Waals surface area contributed by atoms with E-state index in [1.807, 2.05) is 5.38 Å². The van der Waals surface area contributed by atoms with E-state index in [1.165, 1.54) is 21.9 Å². The van der Waals surface area contributed by atoms with E-state index in [-0.39, 0.29) is 6.04 Å². The molecule has 0 aromatic carbocycles. The summed E-state index contributed by atoms with van der Waals surface area (Å²) in [6.45, 7) is 0.525. The number of sulfonamides is 1. The Labute approximate surface area is 127 Å². The second-order valence-electron chi connectivity index (χ2n) is 4.78. The van der Waals surface area contributed by atoms with Gasteiger partial charge in [0, 0.05) is 30.5 Å². The maximum absolute atomic E-state index is 11.9. The minimum atomic E-state index is -3.25. The van der Waals surface area contributed by atoms with E-state index in [9.17, 15) is 8.42 Å². The van der Waals surface area contributed by atoms with Crippen molar-refractivity contribution in [3.05, 3.63) is 29.7 Å². The van der Waals surface area contributed by atoms with Crippen LogP contribution in [0.15, 0.2) is 24.0 Å². The monoisotopic (exact) mass is 325 g/mol. The van der Waals surface area contributed by atoms with Gasteiger partial charge in [0.05, 0.1) is 12.3 Å². The van der Waals surface area contributed by atoms with Crippen molar-refractivity contribution < 1.29 is 8.42 Å². The zero-order valence-corrected chi connectivity index (χ0v) is 13.1. The van der Waals surface area contributed by atoms with Gasteiger partial charge in [-0.15, -0.1) is 11.3 Å². The molecular weight excluding hydrogens is 310 g/mol. The highest BCUT2D eigenvalue weighted by atomic mass is 32.2. The third kappa shape index (κ3) is 3.04. The topological polar surface area (TPSA) is 88.1 Å². The van der Waals surface area contributed by atoms with Crippen molar-refractivity contribution in [3.8, 4) is 0 Å². The van der Waals surface area contributed by atoms with Crippen molar-refractivity contribution in [2.24, 2.45) is 0 Å². The van der Waals surface area contributed by atoms with Gasteiger partial charge < -0.3 is 5.32 Å². The zero-order chi connectivity index (χ0) is 14.9. The van der Waals surface area contributed by atoms with Gasteiger partial charge in [0.2, 0.25) is 10.0 Å². The molecule has 3 rings (SSSR count). The summed E-state index contributed by atoms with van der Waals surface area (Å²) in [5.41, 5.74) is 0.649. The van der Waals surface area contributed by atoms with E-state index in [0.717, 1.165) is 12.8 Å². The minimum Gasteiger partial charge on any atom is -0.315 e. The summed E-state index contributed by atoms with van der Waals surface area (Å²) in [7, 11) is -3.25. The van der Waals surface area contributed by atoms with Crippen LogP contribution in [0.1, 0.15) is 24.6 Å². The number of nitrogens with zero attached hydrogens (tertiary/aromatic N) is 4. The predicted octanol–water partition coefficient (Wildman–Crippen LogP) is 1.77. The third-order valence-electron chi connectivity index (χ3n) is 3.33. The second-order valence-corrected chi connectivity index (χ2v) is 7.61. The Kier molecular flexibility index (Phi) is 3.87. The first kappa shape index (κ1) is 14.4. The van der Waals surface area contributed by atoms with Gasteiger partial charge in [0.25, 0.3) is 0 Å². The van der Waals surface area contributed by atoms with Crippen LogP contribution in [0.4, 0.5) is 10.9 Å². The molecule has 9 heteroatoms. The number of hydrogen-bond donors (Lipinski definition) is 1. The molecule has 1 N–H and O–H groups in total. The highest BCUT2D eigenvalue weighted by molar-refractivity contribution is 7.88. The molecule has 1 aliphatic rings. The van der Waals surface area contributed by atoms with E-state index in [1.54, 1.807) is 18.6 Å². The molecular formula is C12H15N5O2S2. The number of nitrogens with one attached hydrogen (secondary N) is 1. The smallest absolute Gasteiger partial charge is 0.211 e. The van der Waals surface area contributed by atoms with Gasteiger partial charge in [-0.25, -0.2) is 18.4 Å². The largest absolute Gasteiger partial charge is 0.315 e. The van der Waals surface area contributed by atoms with Crippen LogP contribution >= 0.6 is 11.3 Å². The van der Waals surface area contributed by atoms with Crippen molar-refractivity contribution in [3.63, 3.8) is 0 Å². The van der Waals surface area contributed by atoms with E-state index in [0.29, 0.717) is 23.2 Å². The van der Waals surface area contributed by atoms with E-state index < -0.39 is 10.0 Å². The molecule has 0 spiro atoms. The average Bonchev–Trinajstić information content (AvgIpc) is 3.08. The molecule has 112 valence electrons. The Morgan fingerprint density at radius 2 is 2.10 bits per heavy atom. The van der Waals surface area contributed by atoms with Crippen LogP contribution in [0.25, 0.3) is 0 Å². The zero-order valence-electron chi connectivity index (χ0n) is 11.4. The molecule has 1 aliphatic heterocycles. The van der Waals surface area contributed by atoms with Crippen LogP contribution in [0.5, 0.6) is 0 Å². The number of aromatic nitrogens is 3. The van der Waals surface area contributed by atoms with Crippen LogP contribution in [0.2, 0.25) is 0 Å². The highest BCUT2D eigenvalue weighted by Crippen LogP contribution is 2.36.